The van der Waals surface area contributed by atoms with E-state index in [4.69, 9.17) is 0 Å². The lowest BCUT2D eigenvalue weighted by Gasteiger charge is -2.27. The summed E-state index contributed by atoms with van der Waals surface area (Å²) in [5.41, 5.74) is 2.12. The molecule has 3 heteroatoms. The summed E-state index contributed by atoms with van der Waals surface area (Å²) in [6.07, 6.45) is 3.48. The average molecular weight is 252 g/mol. The number of nitrogens with one attached hydrogen (secondary N) is 1. The van der Waals surface area contributed by atoms with Gasteiger partial charge in [-0.3, -0.25) is 10.1 Å². The van der Waals surface area contributed by atoms with Crippen molar-refractivity contribution in [3.8, 4) is 0 Å². The quantitative estimate of drug-likeness (QED) is 0.755. The number of rotatable bonds is 7. The number of hydrogen-bond donors (Lipinski definition) is 1. The highest BCUT2D eigenvalue weighted by Gasteiger charge is 2.33. The third-order valence-corrected chi connectivity index (χ3v) is 3.71. The summed E-state index contributed by atoms with van der Waals surface area (Å²) < 4.78 is 0. The van der Waals surface area contributed by atoms with Crippen LogP contribution < -0.4 is 5.32 Å². The number of carbonyl (C=O) groups is 1. The Bertz CT molecular complexity index is 320. The summed E-state index contributed by atoms with van der Waals surface area (Å²) in [6, 6.07) is 0. The smallest absolute Gasteiger partial charge is 0.251 e. The summed E-state index contributed by atoms with van der Waals surface area (Å²) in [4.78, 5) is 14.2. The maximum Gasteiger partial charge on any atom is 0.251 e. The first-order valence-corrected chi connectivity index (χ1v) is 7.20. The summed E-state index contributed by atoms with van der Waals surface area (Å²) in [6.45, 7) is 12.5. The highest BCUT2D eigenvalue weighted by atomic mass is 16.2. The Morgan fingerprint density at radius 2 is 2.00 bits per heavy atom. The first kappa shape index (κ1) is 15.2. The summed E-state index contributed by atoms with van der Waals surface area (Å²) in [7, 11) is 0. The second-order valence-corrected chi connectivity index (χ2v) is 5.70. The molecule has 0 fully saturated rings. The summed E-state index contributed by atoms with van der Waals surface area (Å²) >= 11 is 0. The van der Waals surface area contributed by atoms with Gasteiger partial charge in [-0.2, -0.15) is 0 Å². The number of nitrogens with zero attached hydrogens (tertiary/aromatic N) is 1. The van der Waals surface area contributed by atoms with E-state index in [1.54, 1.807) is 0 Å². The van der Waals surface area contributed by atoms with Crippen molar-refractivity contribution in [2.45, 2.75) is 60.0 Å². The highest BCUT2D eigenvalue weighted by Crippen LogP contribution is 2.24. The van der Waals surface area contributed by atoms with E-state index in [-0.39, 0.29) is 12.1 Å². The first-order valence-electron chi connectivity index (χ1n) is 7.20. The van der Waals surface area contributed by atoms with E-state index in [1.807, 2.05) is 11.8 Å². The molecule has 3 nitrogen and oxygen atoms in total. The van der Waals surface area contributed by atoms with Crippen molar-refractivity contribution in [1.29, 1.82) is 0 Å². The van der Waals surface area contributed by atoms with Gasteiger partial charge < -0.3 is 4.90 Å². The summed E-state index contributed by atoms with van der Waals surface area (Å²) in [5.74, 6) is 0.909. The lowest BCUT2D eigenvalue weighted by molar-refractivity contribution is -0.127. The van der Waals surface area contributed by atoms with Crippen LogP contribution in [0.4, 0.5) is 0 Å². The van der Waals surface area contributed by atoms with E-state index in [0.29, 0.717) is 5.92 Å². The first-order chi connectivity index (χ1) is 8.49. The SMILES string of the molecule is CCCCN1C(=O)C(C)=C(C)C1NCCC(C)C. The fraction of sp³-hybridized carbons (Fsp3) is 0.800. The van der Waals surface area contributed by atoms with Gasteiger partial charge in [-0.15, -0.1) is 0 Å². The third-order valence-electron chi connectivity index (χ3n) is 3.71. The van der Waals surface area contributed by atoms with Crippen LogP contribution in [0.1, 0.15) is 53.9 Å². The van der Waals surface area contributed by atoms with Crippen LogP contribution in [-0.2, 0) is 4.79 Å². The van der Waals surface area contributed by atoms with Crippen LogP contribution in [0, 0.1) is 5.92 Å². The Labute approximate surface area is 112 Å². The largest absolute Gasteiger partial charge is 0.320 e. The molecule has 104 valence electrons. The van der Waals surface area contributed by atoms with E-state index in [1.165, 1.54) is 5.57 Å². The van der Waals surface area contributed by atoms with Gasteiger partial charge >= 0.3 is 0 Å². The Hall–Kier alpha value is -0.830. The minimum atomic E-state index is 0.128. The Kier molecular flexibility index (Phi) is 5.86. The van der Waals surface area contributed by atoms with Crippen LogP contribution in [0.25, 0.3) is 0 Å². The molecule has 1 aliphatic heterocycles. The van der Waals surface area contributed by atoms with E-state index in [9.17, 15) is 4.79 Å². The molecule has 1 heterocycles. The van der Waals surface area contributed by atoms with Crippen molar-refractivity contribution >= 4 is 5.91 Å². The van der Waals surface area contributed by atoms with E-state index in [0.717, 1.165) is 37.9 Å². The molecule has 0 radical (unpaired) electrons. The zero-order valence-corrected chi connectivity index (χ0v) is 12.5. The van der Waals surface area contributed by atoms with Crippen molar-refractivity contribution < 1.29 is 4.79 Å². The molecule has 1 N–H and O–H groups in total. The molecule has 1 rings (SSSR count). The van der Waals surface area contributed by atoms with Crippen LogP contribution in [0.15, 0.2) is 11.1 Å². The fourth-order valence-corrected chi connectivity index (χ4v) is 2.27. The van der Waals surface area contributed by atoms with Crippen LogP contribution in [0.2, 0.25) is 0 Å². The minimum Gasteiger partial charge on any atom is -0.320 e. The molecule has 0 aromatic rings. The molecular weight excluding hydrogens is 224 g/mol. The van der Waals surface area contributed by atoms with Gasteiger partial charge in [0.25, 0.3) is 5.91 Å². The van der Waals surface area contributed by atoms with Gasteiger partial charge in [0.2, 0.25) is 0 Å². The normalized spacial score (nSPS) is 20.4. The molecule has 0 aromatic carbocycles. The maximum absolute atomic E-state index is 12.2. The highest BCUT2D eigenvalue weighted by molar-refractivity contribution is 5.96. The predicted molar refractivity (Wildman–Crippen MR) is 76.2 cm³/mol. The molecule has 1 aliphatic rings. The van der Waals surface area contributed by atoms with Gasteiger partial charge in [0.05, 0.1) is 0 Å². The van der Waals surface area contributed by atoms with Gasteiger partial charge in [-0.25, -0.2) is 0 Å². The molecule has 0 bridgehead atoms. The van der Waals surface area contributed by atoms with Gasteiger partial charge in [0.15, 0.2) is 0 Å². The minimum absolute atomic E-state index is 0.128. The predicted octanol–water partition coefficient (Wildman–Crippen LogP) is 2.93. The van der Waals surface area contributed by atoms with E-state index < -0.39 is 0 Å². The van der Waals surface area contributed by atoms with Crippen LogP contribution in [-0.4, -0.2) is 30.1 Å². The zero-order valence-electron chi connectivity index (χ0n) is 12.5. The topological polar surface area (TPSA) is 32.3 Å². The molecule has 0 aromatic heterocycles. The molecule has 18 heavy (non-hydrogen) atoms. The van der Waals surface area contributed by atoms with Crippen molar-refractivity contribution in [3.05, 3.63) is 11.1 Å². The molecular formula is C15H28N2O. The van der Waals surface area contributed by atoms with E-state index >= 15 is 0 Å². The molecule has 0 aliphatic carbocycles. The number of carbonyl (C=O) groups excluding carboxylic acids is 1. The van der Waals surface area contributed by atoms with Crippen molar-refractivity contribution in [2.75, 3.05) is 13.1 Å². The van der Waals surface area contributed by atoms with Gasteiger partial charge in [-0.05, 0) is 44.7 Å². The standard InChI is InChI=1S/C15H28N2O/c1-6-7-10-17-14(16-9-8-11(2)3)12(4)13(5)15(17)18/h11,14,16H,6-10H2,1-5H3. The number of unbranched alkanes of at least 4 members (excludes halogenated alkanes) is 1. The second kappa shape index (κ2) is 6.93. The van der Waals surface area contributed by atoms with Gasteiger partial charge in [0, 0.05) is 12.1 Å². The number of hydrogen-bond acceptors (Lipinski definition) is 2. The fourth-order valence-electron chi connectivity index (χ4n) is 2.27. The molecule has 0 spiro atoms. The van der Waals surface area contributed by atoms with Crippen LogP contribution in [0.5, 0.6) is 0 Å². The average Bonchev–Trinajstić information content (AvgIpc) is 2.52. The van der Waals surface area contributed by atoms with Crippen molar-refractivity contribution in [2.24, 2.45) is 5.92 Å². The summed E-state index contributed by atoms with van der Waals surface area (Å²) in [5, 5.41) is 3.53. The van der Waals surface area contributed by atoms with Crippen molar-refractivity contribution in [3.63, 3.8) is 0 Å². The van der Waals surface area contributed by atoms with Gasteiger partial charge in [0.1, 0.15) is 6.17 Å². The van der Waals surface area contributed by atoms with Crippen molar-refractivity contribution in [1.82, 2.24) is 10.2 Å². The third kappa shape index (κ3) is 3.58. The molecule has 1 atom stereocenters. The zero-order chi connectivity index (χ0) is 13.7. The van der Waals surface area contributed by atoms with Gasteiger partial charge in [-0.1, -0.05) is 27.2 Å². The van der Waals surface area contributed by atoms with E-state index in [2.05, 4.69) is 33.0 Å². The second-order valence-electron chi connectivity index (χ2n) is 5.70. The monoisotopic (exact) mass is 252 g/mol. The molecule has 0 saturated carbocycles. The lowest BCUT2D eigenvalue weighted by Crippen LogP contribution is -2.46. The number of amides is 1. The Morgan fingerprint density at radius 3 is 2.56 bits per heavy atom. The molecule has 1 unspecified atom stereocenters. The van der Waals surface area contributed by atoms with Crippen LogP contribution in [0.3, 0.4) is 0 Å². The molecule has 0 saturated heterocycles. The Morgan fingerprint density at radius 1 is 1.33 bits per heavy atom. The lowest BCUT2D eigenvalue weighted by atomic mass is 10.1. The van der Waals surface area contributed by atoms with Crippen LogP contribution >= 0.6 is 0 Å². The maximum atomic E-state index is 12.2. The molecule has 1 amide bonds. The Balaban J connectivity index is 2.61.